The Kier molecular flexibility index (Phi) is 5.89. The number of aromatic nitrogens is 3. The van der Waals surface area contributed by atoms with Crippen LogP contribution >= 0.6 is 23.4 Å². The van der Waals surface area contributed by atoms with Crippen molar-refractivity contribution in [3.8, 4) is 5.75 Å². The molecule has 0 radical (unpaired) electrons. The zero-order valence-corrected chi connectivity index (χ0v) is 16.9. The lowest BCUT2D eigenvalue weighted by molar-refractivity contribution is 0.211. The molecule has 3 aromatic rings. The second-order valence-corrected chi connectivity index (χ2v) is 7.64. The molecule has 0 saturated heterocycles. The summed E-state index contributed by atoms with van der Waals surface area (Å²) in [6, 6.07) is 14.0. The summed E-state index contributed by atoms with van der Waals surface area (Å²) in [5.74, 6) is 2.44. The fourth-order valence-corrected chi connectivity index (χ4v) is 3.78. The number of halogens is 1. The molecule has 26 heavy (non-hydrogen) atoms. The van der Waals surface area contributed by atoms with Gasteiger partial charge < -0.3 is 9.30 Å². The molecule has 0 N–H and O–H groups in total. The molecule has 0 aliphatic rings. The van der Waals surface area contributed by atoms with Crippen molar-refractivity contribution in [1.82, 2.24) is 14.8 Å². The van der Waals surface area contributed by atoms with Crippen LogP contribution in [0.5, 0.6) is 5.75 Å². The lowest BCUT2D eigenvalue weighted by atomic mass is 10.1. The molecule has 2 aromatic carbocycles. The molecule has 0 saturated carbocycles. The van der Waals surface area contributed by atoms with Crippen LogP contribution in [-0.4, -0.2) is 14.8 Å². The molecule has 1 heterocycles. The summed E-state index contributed by atoms with van der Waals surface area (Å²) in [6.07, 6.45) is -0.208. The van der Waals surface area contributed by atoms with Crippen molar-refractivity contribution in [2.24, 2.45) is 7.05 Å². The zero-order chi connectivity index (χ0) is 18.7. The molecule has 0 aliphatic carbocycles. The number of rotatable bonds is 6. The molecular weight excluding hydrogens is 366 g/mol. The molecule has 0 bridgehead atoms. The van der Waals surface area contributed by atoms with Gasteiger partial charge in [0.05, 0.1) is 0 Å². The van der Waals surface area contributed by atoms with Gasteiger partial charge in [-0.15, -0.1) is 10.2 Å². The van der Waals surface area contributed by atoms with E-state index in [1.54, 1.807) is 11.8 Å². The highest BCUT2D eigenvalue weighted by Crippen LogP contribution is 2.28. The first-order chi connectivity index (χ1) is 12.5. The number of aryl methyl sites for hydroxylation is 2. The average Bonchev–Trinajstić information content (AvgIpc) is 2.98. The maximum absolute atomic E-state index is 6.07. The quantitative estimate of drug-likeness (QED) is 0.522. The van der Waals surface area contributed by atoms with Gasteiger partial charge in [0.15, 0.2) is 17.1 Å². The van der Waals surface area contributed by atoms with Gasteiger partial charge in [-0.05, 0) is 55.7 Å². The number of ether oxygens (including phenoxy) is 1. The van der Waals surface area contributed by atoms with Crippen molar-refractivity contribution in [3.63, 3.8) is 0 Å². The van der Waals surface area contributed by atoms with Crippen molar-refractivity contribution in [1.29, 1.82) is 0 Å². The fourth-order valence-electron chi connectivity index (χ4n) is 2.67. The molecule has 6 heteroatoms. The minimum absolute atomic E-state index is 0.208. The third kappa shape index (κ3) is 4.22. The average molecular weight is 388 g/mol. The highest BCUT2D eigenvalue weighted by molar-refractivity contribution is 7.98. The van der Waals surface area contributed by atoms with Crippen molar-refractivity contribution >= 4 is 23.4 Å². The van der Waals surface area contributed by atoms with E-state index in [2.05, 4.69) is 41.4 Å². The van der Waals surface area contributed by atoms with Crippen molar-refractivity contribution in [3.05, 3.63) is 70.0 Å². The predicted octanol–water partition coefficient (Wildman–Crippen LogP) is 5.52. The van der Waals surface area contributed by atoms with E-state index in [4.69, 9.17) is 16.3 Å². The smallest absolute Gasteiger partial charge is 0.191 e. The summed E-state index contributed by atoms with van der Waals surface area (Å²) in [5.41, 5.74) is 3.59. The number of benzene rings is 2. The van der Waals surface area contributed by atoms with E-state index in [9.17, 15) is 0 Å². The Morgan fingerprint density at radius 1 is 1.12 bits per heavy atom. The summed E-state index contributed by atoms with van der Waals surface area (Å²) >= 11 is 7.75. The Balaban J connectivity index is 1.69. The van der Waals surface area contributed by atoms with Gasteiger partial charge in [-0.25, -0.2) is 0 Å². The number of nitrogens with zero attached hydrogens (tertiary/aromatic N) is 3. The molecule has 3 rings (SSSR count). The van der Waals surface area contributed by atoms with Crippen LogP contribution < -0.4 is 4.74 Å². The third-order valence-electron chi connectivity index (χ3n) is 4.29. The minimum atomic E-state index is -0.208. The zero-order valence-electron chi connectivity index (χ0n) is 15.4. The minimum Gasteiger partial charge on any atom is -0.483 e. The summed E-state index contributed by atoms with van der Waals surface area (Å²) < 4.78 is 8.02. The Morgan fingerprint density at radius 3 is 2.62 bits per heavy atom. The van der Waals surface area contributed by atoms with E-state index < -0.39 is 0 Å². The van der Waals surface area contributed by atoms with Gasteiger partial charge in [-0.1, -0.05) is 47.6 Å². The number of hydrogen-bond acceptors (Lipinski definition) is 4. The highest BCUT2D eigenvalue weighted by atomic mass is 35.5. The standard InChI is InChI=1S/C20H22ClN3OS/c1-13-7-5-6-8-16(13)12-26-20-23-22-19(24(20)4)15(3)25-17-9-10-18(21)14(2)11-17/h5-11,15H,12H2,1-4H3. The first kappa shape index (κ1) is 18.8. The van der Waals surface area contributed by atoms with E-state index in [0.29, 0.717) is 0 Å². The number of thioether (sulfide) groups is 1. The molecule has 1 unspecified atom stereocenters. The van der Waals surface area contributed by atoms with Gasteiger partial charge in [0, 0.05) is 17.8 Å². The molecular formula is C20H22ClN3OS. The highest BCUT2D eigenvalue weighted by Gasteiger charge is 2.17. The van der Waals surface area contributed by atoms with Crippen LogP contribution in [0.15, 0.2) is 47.6 Å². The topological polar surface area (TPSA) is 39.9 Å². The first-order valence-electron chi connectivity index (χ1n) is 8.45. The van der Waals surface area contributed by atoms with Crippen molar-refractivity contribution in [2.75, 3.05) is 0 Å². The Morgan fingerprint density at radius 2 is 1.88 bits per heavy atom. The molecule has 1 aromatic heterocycles. The summed E-state index contributed by atoms with van der Waals surface area (Å²) in [5, 5.41) is 10.3. The van der Waals surface area contributed by atoms with Crippen LogP contribution in [-0.2, 0) is 12.8 Å². The maximum Gasteiger partial charge on any atom is 0.191 e. The van der Waals surface area contributed by atoms with E-state index in [1.807, 2.05) is 43.7 Å². The van der Waals surface area contributed by atoms with Crippen LogP contribution in [0.1, 0.15) is 35.5 Å². The second-order valence-electron chi connectivity index (χ2n) is 6.29. The van der Waals surface area contributed by atoms with Crippen LogP contribution in [0.4, 0.5) is 0 Å². The summed E-state index contributed by atoms with van der Waals surface area (Å²) in [7, 11) is 1.97. The monoisotopic (exact) mass is 387 g/mol. The van der Waals surface area contributed by atoms with E-state index in [-0.39, 0.29) is 6.10 Å². The Hall–Kier alpha value is -1.98. The van der Waals surface area contributed by atoms with Crippen LogP contribution in [0, 0.1) is 13.8 Å². The van der Waals surface area contributed by atoms with E-state index >= 15 is 0 Å². The maximum atomic E-state index is 6.07. The molecule has 136 valence electrons. The van der Waals surface area contributed by atoms with Gasteiger partial charge in [-0.3, -0.25) is 0 Å². The molecule has 0 amide bonds. The summed E-state index contributed by atoms with van der Waals surface area (Å²) in [6.45, 7) is 6.06. The van der Waals surface area contributed by atoms with Crippen LogP contribution in [0.25, 0.3) is 0 Å². The molecule has 0 aliphatic heterocycles. The van der Waals surface area contributed by atoms with E-state index in [0.717, 1.165) is 33.1 Å². The van der Waals surface area contributed by atoms with Crippen molar-refractivity contribution in [2.45, 2.75) is 37.8 Å². The van der Waals surface area contributed by atoms with Gasteiger partial charge in [0.25, 0.3) is 0 Å². The lowest BCUT2D eigenvalue weighted by Crippen LogP contribution is -2.10. The molecule has 0 fully saturated rings. The first-order valence-corrected chi connectivity index (χ1v) is 9.81. The number of hydrogen-bond donors (Lipinski definition) is 0. The van der Waals surface area contributed by atoms with Gasteiger partial charge in [0.1, 0.15) is 5.75 Å². The Bertz CT molecular complexity index is 910. The molecule has 0 spiro atoms. The normalized spacial score (nSPS) is 12.2. The second kappa shape index (κ2) is 8.14. The molecule has 4 nitrogen and oxygen atoms in total. The van der Waals surface area contributed by atoms with Crippen molar-refractivity contribution < 1.29 is 4.74 Å². The SMILES string of the molecule is Cc1cc(OC(C)c2nnc(SCc3ccccc3C)n2C)ccc1Cl. The van der Waals surface area contributed by atoms with Crippen LogP contribution in [0.3, 0.4) is 0 Å². The largest absolute Gasteiger partial charge is 0.483 e. The van der Waals surface area contributed by atoms with Crippen LogP contribution in [0.2, 0.25) is 5.02 Å². The predicted molar refractivity (Wildman–Crippen MR) is 107 cm³/mol. The lowest BCUT2D eigenvalue weighted by Gasteiger charge is -2.15. The van der Waals surface area contributed by atoms with Gasteiger partial charge in [-0.2, -0.15) is 0 Å². The molecule has 1 atom stereocenters. The summed E-state index contributed by atoms with van der Waals surface area (Å²) in [4.78, 5) is 0. The fraction of sp³-hybridized carbons (Fsp3) is 0.300. The van der Waals surface area contributed by atoms with Gasteiger partial charge in [0.2, 0.25) is 0 Å². The third-order valence-corrected chi connectivity index (χ3v) is 5.79. The van der Waals surface area contributed by atoms with E-state index in [1.165, 1.54) is 11.1 Å². The Labute approximate surface area is 163 Å². The van der Waals surface area contributed by atoms with Gasteiger partial charge >= 0.3 is 0 Å².